The van der Waals surface area contributed by atoms with Crippen LogP contribution in [0.25, 0.3) is 0 Å². The Morgan fingerprint density at radius 3 is 2.75 bits per heavy atom. The van der Waals surface area contributed by atoms with Crippen LogP contribution in [0.3, 0.4) is 0 Å². The lowest BCUT2D eigenvalue weighted by atomic mass is 10.0. The molecular weight excluding hydrogens is 218 g/mol. The van der Waals surface area contributed by atoms with E-state index >= 15 is 0 Å². The maximum Gasteiger partial charge on any atom is 0.156 e. The number of carbonyl (C=O) groups is 1. The van der Waals surface area contributed by atoms with Crippen molar-refractivity contribution in [3.05, 3.63) is 12.3 Å². The molecule has 90 valence electrons. The van der Waals surface area contributed by atoms with Crippen LogP contribution in [0.2, 0.25) is 0 Å². The second kappa shape index (κ2) is 6.14. The Balaban J connectivity index is 2.30. The Kier molecular flexibility index (Phi) is 5.13. The molecule has 0 unspecified atom stereocenters. The molecule has 0 radical (unpaired) electrons. The fraction of sp³-hybridized carbons (Fsp3) is 0.692. The van der Waals surface area contributed by atoms with Crippen LogP contribution in [0.4, 0.5) is 0 Å². The predicted octanol–water partition coefficient (Wildman–Crippen LogP) is 2.97. The zero-order valence-electron chi connectivity index (χ0n) is 10.3. The highest BCUT2D eigenvalue weighted by Crippen LogP contribution is 2.18. The van der Waals surface area contributed by atoms with Crippen molar-refractivity contribution in [1.82, 2.24) is 4.90 Å². The van der Waals surface area contributed by atoms with Crippen LogP contribution < -0.4 is 0 Å². The van der Waals surface area contributed by atoms with Crippen molar-refractivity contribution in [2.45, 2.75) is 39.5 Å². The Morgan fingerprint density at radius 1 is 1.56 bits per heavy atom. The molecule has 0 amide bonds. The molecule has 16 heavy (non-hydrogen) atoms. The summed E-state index contributed by atoms with van der Waals surface area (Å²) >= 11 is 5.22. The van der Waals surface area contributed by atoms with Gasteiger partial charge in [-0.1, -0.05) is 32.6 Å². The Morgan fingerprint density at radius 2 is 2.25 bits per heavy atom. The second-order valence-corrected chi connectivity index (χ2v) is 5.52. The quantitative estimate of drug-likeness (QED) is 0.665. The van der Waals surface area contributed by atoms with E-state index in [1.807, 2.05) is 0 Å². The van der Waals surface area contributed by atoms with Crippen molar-refractivity contribution in [2.75, 3.05) is 13.1 Å². The van der Waals surface area contributed by atoms with Crippen LogP contribution in [0.15, 0.2) is 12.3 Å². The summed E-state index contributed by atoms with van der Waals surface area (Å²) in [5.74, 6) is 0.774. The van der Waals surface area contributed by atoms with E-state index in [4.69, 9.17) is 12.2 Å². The predicted molar refractivity (Wildman–Crippen MR) is 71.6 cm³/mol. The SMILES string of the molecule is C=C1CCCN1CC(=O)CC(=S)CC(C)C. The number of nitrogens with zero attached hydrogens (tertiary/aromatic N) is 1. The first-order chi connectivity index (χ1) is 7.49. The minimum atomic E-state index is 0.230. The van der Waals surface area contributed by atoms with Crippen LogP contribution in [-0.2, 0) is 4.79 Å². The van der Waals surface area contributed by atoms with Gasteiger partial charge >= 0.3 is 0 Å². The van der Waals surface area contributed by atoms with E-state index in [-0.39, 0.29) is 5.78 Å². The van der Waals surface area contributed by atoms with E-state index in [1.54, 1.807) is 0 Å². The van der Waals surface area contributed by atoms with Gasteiger partial charge < -0.3 is 4.90 Å². The number of Topliss-reactive ketones (excluding diaryl/α,β-unsaturated/α-hetero) is 1. The van der Waals surface area contributed by atoms with E-state index < -0.39 is 0 Å². The first-order valence-corrected chi connectivity index (χ1v) is 6.36. The fourth-order valence-corrected chi connectivity index (χ4v) is 2.49. The van der Waals surface area contributed by atoms with Gasteiger partial charge in [0, 0.05) is 23.5 Å². The molecule has 1 saturated heterocycles. The summed E-state index contributed by atoms with van der Waals surface area (Å²) in [6.45, 7) is 9.68. The molecule has 2 nitrogen and oxygen atoms in total. The number of rotatable bonds is 6. The van der Waals surface area contributed by atoms with Gasteiger partial charge in [0.15, 0.2) is 5.78 Å². The number of hydrogen-bond acceptors (Lipinski definition) is 3. The molecule has 1 heterocycles. The summed E-state index contributed by atoms with van der Waals surface area (Å²) in [7, 11) is 0. The Hall–Kier alpha value is -0.700. The second-order valence-electron chi connectivity index (χ2n) is 4.94. The summed E-state index contributed by atoms with van der Waals surface area (Å²) in [4.78, 5) is 14.7. The summed E-state index contributed by atoms with van der Waals surface area (Å²) < 4.78 is 0. The number of ketones is 1. The monoisotopic (exact) mass is 239 g/mol. The number of hydrogen-bond donors (Lipinski definition) is 0. The zero-order valence-corrected chi connectivity index (χ0v) is 11.1. The summed E-state index contributed by atoms with van der Waals surface area (Å²) in [6, 6.07) is 0. The molecule has 0 atom stereocenters. The molecule has 3 heteroatoms. The van der Waals surface area contributed by atoms with Crippen molar-refractivity contribution < 1.29 is 4.79 Å². The van der Waals surface area contributed by atoms with Crippen LogP contribution >= 0.6 is 12.2 Å². The molecule has 1 fully saturated rings. The summed E-state index contributed by atoms with van der Waals surface area (Å²) in [6.07, 6.45) is 3.49. The van der Waals surface area contributed by atoms with Gasteiger partial charge in [0.2, 0.25) is 0 Å². The van der Waals surface area contributed by atoms with Gasteiger partial charge in [-0.25, -0.2) is 0 Å². The number of thiocarbonyl (C=S) groups is 1. The van der Waals surface area contributed by atoms with E-state index in [0.717, 1.165) is 36.4 Å². The molecule has 0 N–H and O–H groups in total. The average Bonchev–Trinajstić information content (AvgIpc) is 2.49. The molecular formula is C13H21NOS. The minimum absolute atomic E-state index is 0.230. The molecule has 0 bridgehead atoms. The number of allylic oxidation sites excluding steroid dienone is 1. The lowest BCUT2D eigenvalue weighted by molar-refractivity contribution is -0.118. The van der Waals surface area contributed by atoms with Crippen molar-refractivity contribution in [3.8, 4) is 0 Å². The van der Waals surface area contributed by atoms with E-state index in [1.165, 1.54) is 0 Å². The average molecular weight is 239 g/mol. The fourth-order valence-electron chi connectivity index (χ4n) is 2.00. The van der Waals surface area contributed by atoms with Gasteiger partial charge in [-0.3, -0.25) is 4.79 Å². The largest absolute Gasteiger partial charge is 0.368 e. The zero-order chi connectivity index (χ0) is 12.1. The van der Waals surface area contributed by atoms with Crippen LogP contribution in [0.1, 0.15) is 39.5 Å². The Labute approximate surface area is 104 Å². The molecule has 0 aromatic rings. The van der Waals surface area contributed by atoms with Gasteiger partial charge in [0.25, 0.3) is 0 Å². The summed E-state index contributed by atoms with van der Waals surface area (Å²) in [5.41, 5.74) is 1.10. The van der Waals surface area contributed by atoms with Gasteiger partial charge in [0.1, 0.15) is 0 Å². The number of carbonyl (C=O) groups excluding carboxylic acids is 1. The molecule has 0 spiro atoms. The molecule has 1 rings (SSSR count). The highest BCUT2D eigenvalue weighted by atomic mass is 32.1. The van der Waals surface area contributed by atoms with Crippen molar-refractivity contribution in [3.63, 3.8) is 0 Å². The van der Waals surface area contributed by atoms with E-state index in [9.17, 15) is 4.79 Å². The first-order valence-electron chi connectivity index (χ1n) is 5.95. The lowest BCUT2D eigenvalue weighted by Crippen LogP contribution is -2.26. The molecule has 1 aliphatic rings. The topological polar surface area (TPSA) is 20.3 Å². The highest BCUT2D eigenvalue weighted by Gasteiger charge is 2.18. The molecule has 1 aliphatic heterocycles. The molecule has 0 aliphatic carbocycles. The van der Waals surface area contributed by atoms with Gasteiger partial charge in [-0.15, -0.1) is 0 Å². The molecule has 0 aromatic carbocycles. The van der Waals surface area contributed by atoms with Crippen LogP contribution in [0, 0.1) is 5.92 Å². The maximum absolute atomic E-state index is 11.8. The summed E-state index contributed by atoms with van der Waals surface area (Å²) in [5, 5.41) is 0. The normalized spacial score (nSPS) is 15.9. The van der Waals surface area contributed by atoms with E-state index in [0.29, 0.717) is 18.9 Å². The minimum Gasteiger partial charge on any atom is -0.368 e. The Bertz CT molecular complexity index is 296. The standard InChI is InChI=1S/C13H21NOS/c1-10(2)7-13(16)8-12(15)9-14-6-4-5-11(14)3/h10H,3-9H2,1-2H3. The number of likely N-dealkylation sites (tertiary alicyclic amines) is 1. The van der Waals surface area contributed by atoms with E-state index in [2.05, 4.69) is 25.3 Å². The van der Waals surface area contributed by atoms with Crippen molar-refractivity contribution in [2.24, 2.45) is 5.92 Å². The van der Waals surface area contributed by atoms with Gasteiger partial charge in [-0.2, -0.15) is 0 Å². The van der Waals surface area contributed by atoms with Crippen LogP contribution in [0.5, 0.6) is 0 Å². The lowest BCUT2D eigenvalue weighted by Gasteiger charge is -2.18. The maximum atomic E-state index is 11.8. The molecule has 0 aromatic heterocycles. The van der Waals surface area contributed by atoms with Gasteiger partial charge in [-0.05, 0) is 25.2 Å². The smallest absolute Gasteiger partial charge is 0.156 e. The van der Waals surface area contributed by atoms with Crippen molar-refractivity contribution in [1.29, 1.82) is 0 Å². The molecule has 0 saturated carbocycles. The van der Waals surface area contributed by atoms with Gasteiger partial charge in [0.05, 0.1) is 6.54 Å². The van der Waals surface area contributed by atoms with Crippen LogP contribution in [-0.4, -0.2) is 28.6 Å². The third-order valence-corrected chi connectivity index (χ3v) is 3.05. The first kappa shape index (κ1) is 13.4. The highest BCUT2D eigenvalue weighted by molar-refractivity contribution is 7.80. The third kappa shape index (κ3) is 4.44. The van der Waals surface area contributed by atoms with Crippen molar-refractivity contribution >= 4 is 22.9 Å². The third-order valence-electron chi connectivity index (χ3n) is 2.74.